The predicted molar refractivity (Wildman–Crippen MR) is 121 cm³/mol. The van der Waals surface area contributed by atoms with Gasteiger partial charge < -0.3 is 25.0 Å². The van der Waals surface area contributed by atoms with E-state index in [9.17, 15) is 18.8 Å². The van der Waals surface area contributed by atoms with E-state index in [1.807, 2.05) is 32.7 Å². The highest BCUT2D eigenvalue weighted by molar-refractivity contribution is 6.17. The molecule has 0 bridgehead atoms. The fourth-order valence-electron chi connectivity index (χ4n) is 3.90. The number of rotatable bonds is 6. The Balaban J connectivity index is 1.60. The second-order valence-electron chi connectivity index (χ2n) is 9.18. The van der Waals surface area contributed by atoms with Crippen molar-refractivity contribution >= 4 is 29.3 Å². The number of amides is 3. The number of hydrogen-bond donors (Lipinski definition) is 2. The van der Waals surface area contributed by atoms with Crippen molar-refractivity contribution in [3.8, 4) is 0 Å². The SMILES string of the molecule is CN(c1ccc(NC2=CC(=O)N(CCO)C2=O)cc1F)C1CCN(C(=O)OC(C)(C)C)CC1. The molecule has 0 spiro atoms. The van der Waals surface area contributed by atoms with Gasteiger partial charge in [-0.25, -0.2) is 9.18 Å². The smallest absolute Gasteiger partial charge is 0.410 e. The number of carbonyl (C=O) groups excluding carboxylic acids is 3. The van der Waals surface area contributed by atoms with Crippen LogP contribution in [0.3, 0.4) is 0 Å². The third-order valence-corrected chi connectivity index (χ3v) is 5.60. The summed E-state index contributed by atoms with van der Waals surface area (Å²) in [5.41, 5.74) is 0.222. The van der Waals surface area contributed by atoms with Gasteiger partial charge in [-0.05, 0) is 51.8 Å². The van der Waals surface area contributed by atoms with Gasteiger partial charge >= 0.3 is 6.09 Å². The largest absolute Gasteiger partial charge is 0.444 e. The lowest BCUT2D eigenvalue weighted by atomic mass is 10.0. The van der Waals surface area contributed by atoms with Crippen LogP contribution in [0.1, 0.15) is 33.6 Å². The Labute approximate surface area is 192 Å². The van der Waals surface area contributed by atoms with Crippen LogP contribution in [0, 0.1) is 5.82 Å². The Hall–Kier alpha value is -3.14. The monoisotopic (exact) mass is 462 g/mol. The van der Waals surface area contributed by atoms with Crippen LogP contribution in [0.4, 0.5) is 20.6 Å². The molecule has 0 atom stereocenters. The Morgan fingerprint density at radius 3 is 2.52 bits per heavy atom. The molecular formula is C23H31FN4O5. The number of anilines is 2. The summed E-state index contributed by atoms with van der Waals surface area (Å²) in [4.78, 5) is 40.8. The van der Waals surface area contributed by atoms with Gasteiger partial charge in [0, 0.05) is 37.9 Å². The molecule has 0 radical (unpaired) electrons. The van der Waals surface area contributed by atoms with E-state index >= 15 is 0 Å². The first-order valence-electron chi connectivity index (χ1n) is 11.0. The molecule has 10 heteroatoms. The van der Waals surface area contributed by atoms with Crippen LogP contribution >= 0.6 is 0 Å². The number of β-amino-alcohol motifs (C(OH)–C–C–N with tert-alkyl or cyclic N) is 1. The molecule has 2 heterocycles. The minimum absolute atomic E-state index is 0.0310. The molecule has 0 aliphatic carbocycles. The van der Waals surface area contributed by atoms with Crippen LogP contribution in [-0.4, -0.2) is 77.7 Å². The van der Waals surface area contributed by atoms with Crippen molar-refractivity contribution in [3.05, 3.63) is 35.8 Å². The first-order chi connectivity index (χ1) is 15.5. The van der Waals surface area contributed by atoms with Crippen molar-refractivity contribution < 1.29 is 28.6 Å². The van der Waals surface area contributed by atoms with Gasteiger partial charge in [0.1, 0.15) is 17.1 Å². The Bertz CT molecular complexity index is 951. The van der Waals surface area contributed by atoms with E-state index in [-0.39, 0.29) is 31.0 Å². The quantitative estimate of drug-likeness (QED) is 0.626. The van der Waals surface area contributed by atoms with Crippen molar-refractivity contribution in [1.29, 1.82) is 0 Å². The molecule has 2 aliphatic heterocycles. The van der Waals surface area contributed by atoms with Gasteiger partial charge in [-0.15, -0.1) is 0 Å². The highest BCUT2D eigenvalue weighted by Gasteiger charge is 2.31. The number of aliphatic hydroxyl groups excluding tert-OH is 1. The summed E-state index contributed by atoms with van der Waals surface area (Å²) in [5, 5.41) is 11.8. The van der Waals surface area contributed by atoms with E-state index in [0.717, 1.165) is 11.0 Å². The van der Waals surface area contributed by atoms with E-state index < -0.39 is 23.2 Å². The lowest BCUT2D eigenvalue weighted by molar-refractivity contribution is -0.137. The van der Waals surface area contributed by atoms with Crippen molar-refractivity contribution in [3.63, 3.8) is 0 Å². The van der Waals surface area contributed by atoms with Crippen LogP contribution in [0.25, 0.3) is 0 Å². The summed E-state index contributed by atoms with van der Waals surface area (Å²) in [6, 6.07) is 4.58. The molecule has 33 heavy (non-hydrogen) atoms. The van der Waals surface area contributed by atoms with Crippen LogP contribution in [0.5, 0.6) is 0 Å². The van der Waals surface area contributed by atoms with Crippen LogP contribution in [-0.2, 0) is 14.3 Å². The molecule has 180 valence electrons. The van der Waals surface area contributed by atoms with E-state index in [2.05, 4.69) is 5.32 Å². The number of hydrogen-bond acceptors (Lipinski definition) is 7. The maximum Gasteiger partial charge on any atom is 0.410 e. The highest BCUT2D eigenvalue weighted by Crippen LogP contribution is 2.28. The Morgan fingerprint density at radius 2 is 1.94 bits per heavy atom. The zero-order valence-corrected chi connectivity index (χ0v) is 19.4. The minimum Gasteiger partial charge on any atom is -0.444 e. The third kappa shape index (κ3) is 5.81. The minimum atomic E-state index is -0.563. The number of nitrogens with zero attached hydrogens (tertiary/aromatic N) is 3. The van der Waals surface area contributed by atoms with Gasteiger partial charge in [0.15, 0.2) is 0 Å². The highest BCUT2D eigenvalue weighted by atomic mass is 19.1. The van der Waals surface area contributed by atoms with Crippen molar-refractivity contribution in [2.45, 2.75) is 45.3 Å². The number of halogens is 1. The molecule has 2 aliphatic rings. The summed E-state index contributed by atoms with van der Waals surface area (Å²) >= 11 is 0. The van der Waals surface area contributed by atoms with Crippen molar-refractivity contribution in [2.75, 3.05) is 43.5 Å². The molecule has 0 unspecified atom stereocenters. The van der Waals surface area contributed by atoms with Gasteiger partial charge in [0.05, 0.1) is 18.8 Å². The topological polar surface area (TPSA) is 102 Å². The summed E-state index contributed by atoms with van der Waals surface area (Å²) < 4.78 is 20.3. The van der Waals surface area contributed by atoms with Crippen LogP contribution in [0.2, 0.25) is 0 Å². The molecular weight excluding hydrogens is 431 g/mol. The predicted octanol–water partition coefficient (Wildman–Crippen LogP) is 2.32. The fraction of sp³-hybridized carbons (Fsp3) is 0.522. The number of aliphatic hydroxyl groups is 1. The Kier molecular flexibility index (Phi) is 7.26. The van der Waals surface area contributed by atoms with Gasteiger partial charge in [-0.1, -0.05) is 0 Å². The number of ether oxygens (including phenoxy) is 1. The average Bonchev–Trinajstić information content (AvgIpc) is 3.00. The maximum atomic E-state index is 14.9. The maximum absolute atomic E-state index is 14.9. The summed E-state index contributed by atoms with van der Waals surface area (Å²) in [6.07, 6.45) is 2.16. The van der Waals surface area contributed by atoms with Crippen molar-refractivity contribution in [1.82, 2.24) is 9.80 Å². The summed E-state index contributed by atoms with van der Waals surface area (Å²) in [7, 11) is 1.81. The van der Waals surface area contributed by atoms with E-state index in [0.29, 0.717) is 37.3 Å². The number of benzene rings is 1. The normalized spacial score (nSPS) is 17.3. The fourth-order valence-corrected chi connectivity index (χ4v) is 3.90. The second kappa shape index (κ2) is 9.78. The second-order valence-corrected chi connectivity index (χ2v) is 9.18. The van der Waals surface area contributed by atoms with Gasteiger partial charge in [0.25, 0.3) is 11.8 Å². The number of piperidine rings is 1. The zero-order valence-electron chi connectivity index (χ0n) is 19.4. The molecule has 3 amide bonds. The lowest BCUT2D eigenvalue weighted by Crippen LogP contribution is -2.47. The van der Waals surface area contributed by atoms with Gasteiger partial charge in [-0.3, -0.25) is 14.5 Å². The standard InChI is InChI=1S/C23H31FN4O5/c1-23(2,3)33-22(32)27-9-7-16(8-10-27)26(4)19-6-5-15(13-17(19)24)25-18-14-20(30)28(11-12-29)21(18)31/h5-6,13-14,16,25,29H,7-12H2,1-4H3. The van der Waals surface area contributed by atoms with Crippen LogP contribution < -0.4 is 10.2 Å². The molecule has 3 rings (SSSR count). The molecule has 0 saturated carbocycles. The summed E-state index contributed by atoms with van der Waals surface area (Å²) in [6.45, 7) is 6.12. The molecule has 0 aromatic heterocycles. The summed E-state index contributed by atoms with van der Waals surface area (Å²) in [5.74, 6) is -1.56. The first kappa shape index (κ1) is 24.5. The number of carbonyl (C=O) groups is 3. The van der Waals surface area contributed by atoms with E-state index in [4.69, 9.17) is 9.84 Å². The molecule has 1 fully saturated rings. The van der Waals surface area contributed by atoms with Crippen molar-refractivity contribution in [2.24, 2.45) is 0 Å². The average molecular weight is 463 g/mol. The van der Waals surface area contributed by atoms with E-state index in [1.54, 1.807) is 17.0 Å². The lowest BCUT2D eigenvalue weighted by Gasteiger charge is -2.38. The van der Waals surface area contributed by atoms with Gasteiger partial charge in [0.2, 0.25) is 0 Å². The first-order valence-corrected chi connectivity index (χ1v) is 11.0. The molecule has 9 nitrogen and oxygen atoms in total. The molecule has 2 N–H and O–H groups in total. The number of nitrogens with one attached hydrogen (secondary N) is 1. The van der Waals surface area contributed by atoms with Crippen LogP contribution in [0.15, 0.2) is 30.0 Å². The van der Waals surface area contributed by atoms with E-state index in [1.165, 1.54) is 6.07 Å². The zero-order chi connectivity index (χ0) is 24.3. The Morgan fingerprint density at radius 1 is 1.27 bits per heavy atom. The number of likely N-dealkylation sites (tertiary alicyclic amines) is 1. The molecule has 1 aromatic carbocycles. The van der Waals surface area contributed by atoms with Gasteiger partial charge in [-0.2, -0.15) is 0 Å². The number of imide groups is 1. The molecule has 1 saturated heterocycles. The molecule has 1 aromatic rings. The third-order valence-electron chi connectivity index (χ3n) is 5.60.